The van der Waals surface area contributed by atoms with E-state index in [1.165, 1.54) is 18.0 Å². The van der Waals surface area contributed by atoms with E-state index in [1.54, 1.807) is 13.2 Å². The van der Waals surface area contributed by atoms with Gasteiger partial charge in [-0.15, -0.1) is 0 Å². The highest BCUT2D eigenvalue weighted by Crippen LogP contribution is 2.15. The molecule has 0 unspecified atom stereocenters. The van der Waals surface area contributed by atoms with Crippen LogP contribution >= 0.6 is 11.8 Å². The number of nitrogens with two attached hydrogens (primary N) is 1. The maximum Gasteiger partial charge on any atom is 0.279 e. The van der Waals surface area contributed by atoms with Gasteiger partial charge in [0.1, 0.15) is 0 Å². The molecule has 6 heteroatoms. The molecule has 0 saturated heterocycles. The Morgan fingerprint density at radius 2 is 2.38 bits per heavy atom. The molecule has 0 aliphatic carbocycles. The summed E-state index contributed by atoms with van der Waals surface area (Å²) >= 11 is 1.33. The lowest BCUT2D eigenvalue weighted by Crippen LogP contribution is -2.11. The Labute approximate surface area is 79.5 Å². The molecule has 70 valence electrons. The van der Waals surface area contributed by atoms with Gasteiger partial charge in [-0.25, -0.2) is 4.98 Å². The predicted molar refractivity (Wildman–Crippen MR) is 54.9 cm³/mol. The summed E-state index contributed by atoms with van der Waals surface area (Å²) in [5.74, 6) is 0.159. The highest BCUT2D eigenvalue weighted by Gasteiger charge is 2.05. The highest BCUT2D eigenvalue weighted by atomic mass is 32.2. The maximum absolute atomic E-state index is 11.3. The first-order chi connectivity index (χ1) is 6.19. The molecule has 1 heterocycles. The lowest BCUT2D eigenvalue weighted by molar-refractivity contribution is 0.947. The van der Waals surface area contributed by atoms with Crippen LogP contribution in [0.15, 0.2) is 14.9 Å². The zero-order valence-corrected chi connectivity index (χ0v) is 8.18. The summed E-state index contributed by atoms with van der Waals surface area (Å²) in [5.41, 5.74) is 5.38. The fourth-order valence-electron chi connectivity index (χ4n) is 0.813. The molecule has 0 aliphatic heterocycles. The van der Waals surface area contributed by atoms with Gasteiger partial charge in [0, 0.05) is 6.21 Å². The summed E-state index contributed by atoms with van der Waals surface area (Å²) in [6, 6.07) is 0. The van der Waals surface area contributed by atoms with E-state index in [0.29, 0.717) is 5.16 Å². The molecule has 3 N–H and O–H groups in total. The highest BCUT2D eigenvalue weighted by molar-refractivity contribution is 7.98. The average Bonchev–Trinajstić information content (AvgIpc) is 2.11. The van der Waals surface area contributed by atoms with Crippen LogP contribution in [0.5, 0.6) is 0 Å². The molecule has 0 fully saturated rings. The molecule has 1 aromatic heterocycles. The third-order valence-corrected chi connectivity index (χ3v) is 1.93. The van der Waals surface area contributed by atoms with E-state index in [4.69, 9.17) is 5.73 Å². The average molecular weight is 198 g/mol. The summed E-state index contributed by atoms with van der Waals surface area (Å²) in [6.45, 7) is 1.71. The fraction of sp³-hybridized carbons (Fsp3) is 0.286. The Bertz CT molecular complexity index is 385. The van der Waals surface area contributed by atoms with Gasteiger partial charge in [0.25, 0.3) is 5.56 Å². The molecular formula is C7H10N4OS. The molecule has 0 radical (unpaired) electrons. The molecule has 0 bridgehead atoms. The summed E-state index contributed by atoms with van der Waals surface area (Å²) in [4.78, 5) is 21.6. The van der Waals surface area contributed by atoms with Gasteiger partial charge >= 0.3 is 0 Å². The van der Waals surface area contributed by atoms with Gasteiger partial charge < -0.3 is 5.73 Å². The number of rotatable bonds is 2. The normalized spacial score (nSPS) is 10.9. The van der Waals surface area contributed by atoms with Gasteiger partial charge in [-0.3, -0.25) is 14.8 Å². The lowest BCUT2D eigenvalue weighted by Gasteiger charge is -1.99. The Kier molecular flexibility index (Phi) is 3.07. The van der Waals surface area contributed by atoms with E-state index in [-0.39, 0.29) is 17.1 Å². The van der Waals surface area contributed by atoms with E-state index < -0.39 is 0 Å². The number of aliphatic imine (C=N–C) groups is 1. The van der Waals surface area contributed by atoms with Crippen molar-refractivity contribution in [3.63, 3.8) is 0 Å². The number of nitrogens with one attached hydrogen (secondary N) is 1. The Balaban J connectivity index is 3.31. The minimum absolute atomic E-state index is 0.159. The number of aromatic nitrogens is 2. The monoisotopic (exact) mass is 198 g/mol. The minimum atomic E-state index is -0.310. The Hall–Kier alpha value is -1.30. The number of thioether (sulfide) groups is 1. The van der Waals surface area contributed by atoms with Crippen molar-refractivity contribution in [3.05, 3.63) is 10.4 Å². The zero-order chi connectivity index (χ0) is 9.84. The SMILES string of the molecule is CC=Nc1c(N)nc(SC)[nH]c1=O. The largest absolute Gasteiger partial charge is 0.382 e. The molecule has 0 amide bonds. The number of hydrogen-bond acceptors (Lipinski definition) is 5. The zero-order valence-electron chi connectivity index (χ0n) is 7.37. The molecule has 1 aromatic rings. The van der Waals surface area contributed by atoms with E-state index in [1.807, 2.05) is 0 Å². The molecule has 0 spiro atoms. The summed E-state index contributed by atoms with van der Waals surface area (Å²) in [5, 5.41) is 0.498. The quantitative estimate of drug-likeness (QED) is 0.418. The van der Waals surface area contributed by atoms with Crippen molar-refractivity contribution < 1.29 is 0 Å². The van der Waals surface area contributed by atoms with Gasteiger partial charge in [0.15, 0.2) is 16.7 Å². The maximum atomic E-state index is 11.3. The third-order valence-electron chi connectivity index (χ3n) is 1.35. The van der Waals surface area contributed by atoms with Crippen LogP contribution in [-0.2, 0) is 0 Å². The van der Waals surface area contributed by atoms with Crippen molar-refractivity contribution in [1.29, 1.82) is 0 Å². The van der Waals surface area contributed by atoms with Gasteiger partial charge in [0.05, 0.1) is 0 Å². The second-order valence-electron chi connectivity index (χ2n) is 2.20. The first-order valence-corrected chi connectivity index (χ1v) is 4.84. The van der Waals surface area contributed by atoms with Gasteiger partial charge in [-0.2, -0.15) is 0 Å². The van der Waals surface area contributed by atoms with Crippen molar-refractivity contribution in [2.24, 2.45) is 4.99 Å². The van der Waals surface area contributed by atoms with Crippen LogP contribution in [0, 0.1) is 0 Å². The molecule has 0 aromatic carbocycles. The fourth-order valence-corrected chi connectivity index (χ4v) is 1.20. The summed E-state index contributed by atoms with van der Waals surface area (Å²) in [6.07, 6.45) is 3.31. The number of hydrogen-bond donors (Lipinski definition) is 2. The van der Waals surface area contributed by atoms with Crippen molar-refractivity contribution in [3.8, 4) is 0 Å². The van der Waals surface area contributed by atoms with Crippen LogP contribution in [-0.4, -0.2) is 22.4 Å². The molecule has 1 rings (SSSR count). The van der Waals surface area contributed by atoms with Crippen LogP contribution in [0.1, 0.15) is 6.92 Å². The molecule has 13 heavy (non-hydrogen) atoms. The van der Waals surface area contributed by atoms with Crippen LogP contribution in [0.3, 0.4) is 0 Å². The van der Waals surface area contributed by atoms with Crippen LogP contribution in [0.25, 0.3) is 0 Å². The van der Waals surface area contributed by atoms with E-state index in [0.717, 1.165) is 0 Å². The van der Waals surface area contributed by atoms with Crippen LogP contribution in [0.2, 0.25) is 0 Å². The van der Waals surface area contributed by atoms with Crippen molar-refractivity contribution in [2.45, 2.75) is 12.1 Å². The van der Waals surface area contributed by atoms with Crippen molar-refractivity contribution in [1.82, 2.24) is 9.97 Å². The Morgan fingerprint density at radius 1 is 1.69 bits per heavy atom. The topological polar surface area (TPSA) is 84.1 Å². The second-order valence-corrected chi connectivity index (χ2v) is 2.99. The second kappa shape index (κ2) is 4.08. The number of aromatic amines is 1. The first-order valence-electron chi connectivity index (χ1n) is 3.61. The molecule has 0 saturated carbocycles. The number of H-pyrrole nitrogens is 1. The molecule has 5 nitrogen and oxygen atoms in total. The summed E-state index contributed by atoms with van der Waals surface area (Å²) < 4.78 is 0. The van der Waals surface area contributed by atoms with Crippen LogP contribution < -0.4 is 11.3 Å². The number of nitrogen functional groups attached to an aromatic ring is 1. The van der Waals surface area contributed by atoms with Crippen molar-refractivity contribution >= 4 is 29.5 Å². The molecule has 0 aliphatic rings. The lowest BCUT2D eigenvalue weighted by atomic mass is 10.5. The van der Waals surface area contributed by atoms with Crippen molar-refractivity contribution in [2.75, 3.05) is 12.0 Å². The standard InChI is InChI=1S/C7H10N4OS/c1-3-9-4-5(8)10-7(13-2)11-6(4)12/h3H,1-2H3,(H3,8,10,11,12). The Morgan fingerprint density at radius 3 is 2.85 bits per heavy atom. The van der Waals surface area contributed by atoms with E-state index >= 15 is 0 Å². The smallest absolute Gasteiger partial charge is 0.279 e. The number of anilines is 1. The summed E-state index contributed by atoms with van der Waals surface area (Å²) in [7, 11) is 0. The molecule has 0 atom stereocenters. The molecular weight excluding hydrogens is 188 g/mol. The van der Waals surface area contributed by atoms with Gasteiger partial charge in [0.2, 0.25) is 0 Å². The third kappa shape index (κ3) is 2.09. The predicted octanol–water partition coefficient (Wildman–Crippen LogP) is 0.796. The van der Waals surface area contributed by atoms with Gasteiger partial charge in [-0.1, -0.05) is 11.8 Å². The first kappa shape index (κ1) is 9.79. The van der Waals surface area contributed by atoms with E-state index in [2.05, 4.69) is 15.0 Å². The van der Waals surface area contributed by atoms with Gasteiger partial charge in [-0.05, 0) is 13.2 Å². The van der Waals surface area contributed by atoms with E-state index in [9.17, 15) is 4.79 Å². The number of nitrogens with zero attached hydrogens (tertiary/aromatic N) is 2. The van der Waals surface area contributed by atoms with Crippen LogP contribution in [0.4, 0.5) is 11.5 Å². The minimum Gasteiger partial charge on any atom is -0.382 e.